The van der Waals surface area contributed by atoms with Gasteiger partial charge in [0.25, 0.3) is 0 Å². The number of sulfone groups is 1. The monoisotopic (exact) mass is 382 g/mol. The van der Waals surface area contributed by atoms with Gasteiger partial charge < -0.3 is 9.31 Å². The van der Waals surface area contributed by atoms with E-state index in [-0.39, 0.29) is 10.2 Å². The van der Waals surface area contributed by atoms with Crippen molar-refractivity contribution in [3.63, 3.8) is 0 Å². The SMILES string of the molecule is BC(B)(B)C(C(B)(B)B)S(=O)(=O)c1ccc(B2OC(C)(C)C(C)(C)O2)cc1. The maximum Gasteiger partial charge on any atom is 0.494 e. The Kier molecular flexibility index (Phi) is 5.76. The van der Waals surface area contributed by atoms with Crippen LogP contribution in [-0.4, -0.2) is 79.1 Å². The van der Waals surface area contributed by atoms with Crippen molar-refractivity contribution in [2.75, 3.05) is 0 Å². The molecular weight excluding hydrogens is 352 g/mol. The molecule has 1 aromatic rings. The minimum atomic E-state index is -3.48. The van der Waals surface area contributed by atoms with Gasteiger partial charge in [0.05, 0.1) is 63.2 Å². The van der Waals surface area contributed by atoms with E-state index in [9.17, 15) is 8.42 Å². The second-order valence-corrected chi connectivity index (χ2v) is 12.8. The van der Waals surface area contributed by atoms with Crippen molar-refractivity contribution >= 4 is 69.5 Å². The Hall–Kier alpha value is -0.455. The van der Waals surface area contributed by atoms with Crippen LogP contribution in [0.2, 0.25) is 10.2 Å². The summed E-state index contributed by atoms with van der Waals surface area (Å²) >= 11 is 0. The van der Waals surface area contributed by atoms with Crippen molar-refractivity contribution in [2.24, 2.45) is 0 Å². The lowest BCUT2D eigenvalue weighted by molar-refractivity contribution is 0.00578. The van der Waals surface area contributed by atoms with Crippen molar-refractivity contribution in [2.45, 2.75) is 59.3 Å². The molecule has 0 aromatic heterocycles. The molecule has 1 aliphatic rings. The first-order valence-corrected chi connectivity index (χ1v) is 11.1. The average Bonchev–Trinajstić information content (AvgIpc) is 2.63. The Labute approximate surface area is 170 Å². The first kappa shape index (κ1) is 22.8. The van der Waals surface area contributed by atoms with E-state index in [2.05, 4.69) is 0 Å². The van der Waals surface area contributed by atoms with Gasteiger partial charge >= 0.3 is 7.12 Å². The molecule has 0 atom stereocenters. The molecule has 0 N–H and O–H groups in total. The van der Waals surface area contributed by atoms with Crippen molar-refractivity contribution in [1.82, 2.24) is 0 Å². The fourth-order valence-electron chi connectivity index (χ4n) is 4.16. The molecule has 2 rings (SSSR count). The third kappa shape index (κ3) is 4.43. The number of hydrogen-bond donors (Lipinski definition) is 0. The zero-order valence-corrected chi connectivity index (χ0v) is 19.3. The molecule has 0 aliphatic carbocycles. The fraction of sp³-hybridized carbons (Fsp3) is 0.600. The summed E-state index contributed by atoms with van der Waals surface area (Å²) in [5.41, 5.74) is -0.0199. The lowest BCUT2D eigenvalue weighted by atomic mass is 9.29. The molecule has 1 aliphatic heterocycles. The summed E-state index contributed by atoms with van der Waals surface area (Å²) in [6, 6.07) is 6.97. The number of rotatable bonds is 5. The molecule has 1 saturated heterocycles. The quantitative estimate of drug-likeness (QED) is 0.490. The standard InChI is InChI=1S/C15H29B7O4S/c1-12(2)13(3,4)26-22(25-12)9-5-7-10(8-6-9)27(23,24)11(14(16,17)18)15(19,20)21/h5-8,11H,16-21H2,1-4H3. The minimum Gasteiger partial charge on any atom is -0.399 e. The van der Waals surface area contributed by atoms with E-state index in [0.29, 0.717) is 4.90 Å². The van der Waals surface area contributed by atoms with Gasteiger partial charge in [-0.15, -0.1) is 0 Å². The first-order chi connectivity index (χ1) is 11.9. The lowest BCUT2D eigenvalue weighted by Crippen LogP contribution is -2.47. The summed E-state index contributed by atoms with van der Waals surface area (Å²) in [6.45, 7) is 8.01. The smallest absolute Gasteiger partial charge is 0.399 e. The van der Waals surface area contributed by atoms with Crippen molar-refractivity contribution in [1.29, 1.82) is 0 Å². The normalized spacial score (nSPS) is 20.1. The molecule has 140 valence electrons. The van der Waals surface area contributed by atoms with Crippen molar-refractivity contribution < 1.29 is 17.7 Å². The van der Waals surface area contributed by atoms with Gasteiger partial charge in [0, 0.05) is 5.25 Å². The van der Waals surface area contributed by atoms with Crippen LogP contribution in [0, 0.1) is 0 Å². The van der Waals surface area contributed by atoms with Crippen LogP contribution in [0.1, 0.15) is 27.7 Å². The molecule has 0 unspecified atom stereocenters. The Morgan fingerprint density at radius 2 is 1.22 bits per heavy atom. The van der Waals surface area contributed by atoms with E-state index in [0.717, 1.165) is 5.46 Å². The Balaban J connectivity index is 2.37. The largest absolute Gasteiger partial charge is 0.494 e. The van der Waals surface area contributed by atoms with Gasteiger partial charge in [-0.3, -0.25) is 0 Å². The van der Waals surface area contributed by atoms with Crippen LogP contribution in [0.15, 0.2) is 29.2 Å². The first-order valence-electron chi connectivity index (χ1n) is 9.59. The highest BCUT2D eigenvalue weighted by atomic mass is 32.2. The third-order valence-corrected chi connectivity index (χ3v) is 8.58. The van der Waals surface area contributed by atoms with Crippen LogP contribution in [0.4, 0.5) is 0 Å². The molecule has 1 aromatic carbocycles. The van der Waals surface area contributed by atoms with Gasteiger partial charge in [-0.2, -0.15) is 0 Å². The van der Waals surface area contributed by atoms with E-state index in [4.69, 9.17) is 9.31 Å². The van der Waals surface area contributed by atoms with Gasteiger partial charge in [-0.1, -0.05) is 22.4 Å². The Bertz CT molecular complexity index is 765. The highest BCUT2D eigenvalue weighted by Crippen LogP contribution is 2.40. The predicted molar refractivity (Wildman–Crippen MR) is 130 cm³/mol. The van der Waals surface area contributed by atoms with Crippen LogP contribution < -0.4 is 5.46 Å². The average molecular weight is 381 g/mol. The number of hydrogen-bond acceptors (Lipinski definition) is 4. The zero-order valence-electron chi connectivity index (χ0n) is 18.5. The highest BCUT2D eigenvalue weighted by molar-refractivity contribution is 7.92. The second-order valence-electron chi connectivity index (χ2n) is 10.8. The summed E-state index contributed by atoms with van der Waals surface area (Å²) in [6.07, 6.45) is 0. The molecule has 0 radical (unpaired) electrons. The topological polar surface area (TPSA) is 52.6 Å². The zero-order chi connectivity index (χ0) is 21.1. The molecule has 27 heavy (non-hydrogen) atoms. The maximum atomic E-state index is 13.4. The van der Waals surface area contributed by atoms with Crippen molar-refractivity contribution in [3.8, 4) is 0 Å². The van der Waals surface area contributed by atoms with E-state index >= 15 is 0 Å². The second kappa shape index (κ2) is 6.81. The molecule has 0 bridgehead atoms. The fourth-order valence-corrected chi connectivity index (χ4v) is 6.81. The highest BCUT2D eigenvalue weighted by Gasteiger charge is 2.52. The van der Waals surface area contributed by atoms with Crippen LogP contribution >= 0.6 is 0 Å². The van der Waals surface area contributed by atoms with Gasteiger partial charge in [-0.05, 0) is 45.3 Å². The molecule has 1 fully saturated rings. The van der Waals surface area contributed by atoms with Gasteiger partial charge in [-0.25, -0.2) is 8.42 Å². The van der Waals surface area contributed by atoms with E-state index < -0.39 is 33.4 Å². The lowest BCUT2D eigenvalue weighted by Gasteiger charge is -2.40. The summed E-state index contributed by atoms with van der Waals surface area (Å²) in [7, 11) is 7.94. The molecule has 0 amide bonds. The Morgan fingerprint density at radius 3 is 1.56 bits per heavy atom. The molecular formula is C15H29B7O4S. The van der Waals surface area contributed by atoms with Crippen molar-refractivity contribution in [3.05, 3.63) is 24.3 Å². The summed E-state index contributed by atoms with van der Waals surface area (Å²) in [5.74, 6) is 0. The van der Waals surface area contributed by atoms with Gasteiger partial charge in [0.1, 0.15) is 0 Å². The van der Waals surface area contributed by atoms with Gasteiger partial charge in [0.2, 0.25) is 0 Å². The van der Waals surface area contributed by atoms with E-state index in [1.54, 1.807) is 24.3 Å². The van der Waals surface area contributed by atoms with E-state index in [1.165, 1.54) is 0 Å². The maximum absolute atomic E-state index is 13.4. The molecule has 0 saturated carbocycles. The molecule has 0 spiro atoms. The van der Waals surface area contributed by atoms with Gasteiger partial charge in [0.15, 0.2) is 9.84 Å². The van der Waals surface area contributed by atoms with E-state index in [1.807, 2.05) is 74.8 Å². The van der Waals surface area contributed by atoms with Crippen LogP contribution in [0.3, 0.4) is 0 Å². The van der Waals surface area contributed by atoms with Crippen LogP contribution in [0.5, 0.6) is 0 Å². The van der Waals surface area contributed by atoms with Crippen LogP contribution in [0.25, 0.3) is 0 Å². The Morgan fingerprint density at radius 1 is 0.852 bits per heavy atom. The minimum absolute atomic E-state index is 0.345. The summed E-state index contributed by atoms with van der Waals surface area (Å²) in [5, 5.41) is -1.25. The third-order valence-electron chi connectivity index (χ3n) is 5.62. The summed E-state index contributed by atoms with van der Waals surface area (Å²) < 4.78 is 38.9. The summed E-state index contributed by atoms with van der Waals surface area (Å²) in [4.78, 5) is 0.345. The molecule has 1 heterocycles. The molecule has 4 nitrogen and oxygen atoms in total. The molecule has 12 heteroatoms. The number of benzene rings is 1. The predicted octanol–water partition coefficient (Wildman–Crippen LogP) is -3.93. The van der Waals surface area contributed by atoms with Crippen LogP contribution in [-0.2, 0) is 19.1 Å².